The predicted octanol–water partition coefficient (Wildman–Crippen LogP) is 4.40. The summed E-state index contributed by atoms with van der Waals surface area (Å²) in [6.07, 6.45) is 8.56. The standard InChI is InChI=1S/C18H32N2O/c1-14(2)10-8-6-7-9-11-19-13-17-16(4)18(21-5)15(3)12-20-17/h12,14,19H,6-11,13H2,1-5H3. The van der Waals surface area contributed by atoms with Crippen molar-refractivity contribution in [3.63, 3.8) is 0 Å². The minimum Gasteiger partial charge on any atom is -0.496 e. The highest BCUT2D eigenvalue weighted by Gasteiger charge is 2.08. The molecule has 1 aromatic rings. The van der Waals surface area contributed by atoms with Gasteiger partial charge in [-0.05, 0) is 32.7 Å². The maximum atomic E-state index is 5.44. The van der Waals surface area contributed by atoms with Crippen LogP contribution >= 0.6 is 0 Å². The Labute approximate surface area is 130 Å². The van der Waals surface area contributed by atoms with Crippen LogP contribution in [0.3, 0.4) is 0 Å². The Bertz CT molecular complexity index is 416. The van der Waals surface area contributed by atoms with Crippen molar-refractivity contribution in [1.82, 2.24) is 10.3 Å². The molecule has 0 aliphatic heterocycles. The number of ether oxygens (including phenoxy) is 1. The highest BCUT2D eigenvalue weighted by atomic mass is 16.5. The molecule has 0 aliphatic carbocycles. The largest absolute Gasteiger partial charge is 0.496 e. The van der Waals surface area contributed by atoms with E-state index in [4.69, 9.17) is 4.74 Å². The van der Waals surface area contributed by atoms with E-state index < -0.39 is 0 Å². The molecular weight excluding hydrogens is 260 g/mol. The monoisotopic (exact) mass is 292 g/mol. The van der Waals surface area contributed by atoms with Gasteiger partial charge in [0.1, 0.15) is 5.75 Å². The molecule has 0 fully saturated rings. The zero-order valence-electron chi connectivity index (χ0n) is 14.5. The van der Waals surface area contributed by atoms with Crippen LogP contribution in [-0.2, 0) is 6.54 Å². The molecule has 0 amide bonds. The Morgan fingerprint density at radius 1 is 1.14 bits per heavy atom. The molecule has 120 valence electrons. The molecular formula is C18H32N2O. The zero-order chi connectivity index (χ0) is 15.7. The Kier molecular flexibility index (Phi) is 8.36. The van der Waals surface area contributed by atoms with E-state index in [1.807, 2.05) is 13.1 Å². The van der Waals surface area contributed by atoms with Crippen LogP contribution in [0, 0.1) is 19.8 Å². The van der Waals surface area contributed by atoms with Crippen LogP contribution in [0.2, 0.25) is 0 Å². The first kappa shape index (κ1) is 18.0. The summed E-state index contributed by atoms with van der Waals surface area (Å²) in [6.45, 7) is 10.6. The molecule has 21 heavy (non-hydrogen) atoms. The number of hydrogen-bond donors (Lipinski definition) is 1. The van der Waals surface area contributed by atoms with E-state index in [0.29, 0.717) is 0 Å². The van der Waals surface area contributed by atoms with E-state index in [2.05, 4.69) is 31.1 Å². The molecule has 0 atom stereocenters. The molecule has 0 aliphatic rings. The molecule has 1 heterocycles. The number of hydrogen-bond acceptors (Lipinski definition) is 3. The average Bonchev–Trinajstić information content (AvgIpc) is 2.44. The van der Waals surface area contributed by atoms with Gasteiger partial charge in [0.25, 0.3) is 0 Å². The van der Waals surface area contributed by atoms with Crippen LogP contribution in [0.5, 0.6) is 5.75 Å². The molecule has 1 N–H and O–H groups in total. The van der Waals surface area contributed by atoms with Crippen molar-refractivity contribution in [1.29, 1.82) is 0 Å². The van der Waals surface area contributed by atoms with E-state index >= 15 is 0 Å². The highest BCUT2D eigenvalue weighted by Crippen LogP contribution is 2.23. The number of nitrogens with one attached hydrogen (secondary N) is 1. The highest BCUT2D eigenvalue weighted by molar-refractivity contribution is 5.40. The first-order valence-electron chi connectivity index (χ1n) is 8.26. The van der Waals surface area contributed by atoms with Gasteiger partial charge >= 0.3 is 0 Å². The number of rotatable bonds is 10. The summed E-state index contributed by atoms with van der Waals surface area (Å²) < 4.78 is 5.44. The first-order chi connectivity index (χ1) is 10.1. The van der Waals surface area contributed by atoms with Crippen molar-refractivity contribution < 1.29 is 4.74 Å². The quantitative estimate of drug-likeness (QED) is 0.649. The Morgan fingerprint density at radius 2 is 1.86 bits per heavy atom. The average molecular weight is 292 g/mol. The van der Waals surface area contributed by atoms with Gasteiger partial charge in [0.2, 0.25) is 0 Å². The summed E-state index contributed by atoms with van der Waals surface area (Å²) in [4.78, 5) is 4.51. The van der Waals surface area contributed by atoms with E-state index in [0.717, 1.165) is 41.6 Å². The van der Waals surface area contributed by atoms with Crippen LogP contribution in [0.4, 0.5) is 0 Å². The molecule has 0 bridgehead atoms. The normalized spacial score (nSPS) is 11.1. The molecule has 0 radical (unpaired) electrons. The lowest BCUT2D eigenvalue weighted by Gasteiger charge is -2.12. The fourth-order valence-electron chi connectivity index (χ4n) is 2.61. The third-order valence-electron chi connectivity index (χ3n) is 3.93. The lowest BCUT2D eigenvalue weighted by Crippen LogP contribution is -2.17. The first-order valence-corrected chi connectivity index (χ1v) is 8.26. The van der Waals surface area contributed by atoms with Gasteiger partial charge < -0.3 is 10.1 Å². The Balaban J connectivity index is 2.21. The molecule has 1 rings (SSSR count). The molecule has 3 nitrogen and oxygen atoms in total. The summed E-state index contributed by atoms with van der Waals surface area (Å²) in [5, 5.41) is 3.49. The second-order valence-corrected chi connectivity index (χ2v) is 6.32. The minimum atomic E-state index is 0.828. The van der Waals surface area contributed by atoms with Crippen molar-refractivity contribution in [3.8, 4) is 5.75 Å². The fourth-order valence-corrected chi connectivity index (χ4v) is 2.61. The third kappa shape index (κ3) is 6.47. The van der Waals surface area contributed by atoms with Gasteiger partial charge in [0.15, 0.2) is 0 Å². The molecule has 3 heteroatoms. The van der Waals surface area contributed by atoms with E-state index in [9.17, 15) is 0 Å². The maximum absolute atomic E-state index is 5.44. The third-order valence-corrected chi connectivity index (χ3v) is 3.93. The molecule has 0 saturated carbocycles. The van der Waals surface area contributed by atoms with Gasteiger partial charge in [-0.3, -0.25) is 4.98 Å². The van der Waals surface area contributed by atoms with Crippen LogP contribution < -0.4 is 10.1 Å². The number of aromatic nitrogens is 1. The summed E-state index contributed by atoms with van der Waals surface area (Å²) >= 11 is 0. The van der Waals surface area contributed by atoms with Gasteiger partial charge in [-0.1, -0.05) is 39.5 Å². The maximum Gasteiger partial charge on any atom is 0.128 e. The zero-order valence-corrected chi connectivity index (χ0v) is 14.5. The number of unbranched alkanes of at least 4 members (excludes halogenated alkanes) is 3. The number of pyridine rings is 1. The lowest BCUT2D eigenvalue weighted by molar-refractivity contribution is 0.406. The van der Waals surface area contributed by atoms with Gasteiger partial charge in [0, 0.05) is 23.9 Å². The van der Waals surface area contributed by atoms with Crippen LogP contribution in [0.25, 0.3) is 0 Å². The van der Waals surface area contributed by atoms with E-state index in [1.54, 1.807) is 7.11 Å². The van der Waals surface area contributed by atoms with Gasteiger partial charge in [-0.2, -0.15) is 0 Å². The molecule has 0 spiro atoms. The Hall–Kier alpha value is -1.09. The molecule has 1 aromatic heterocycles. The molecule has 0 aromatic carbocycles. The number of nitrogens with zero attached hydrogens (tertiary/aromatic N) is 1. The summed E-state index contributed by atoms with van der Waals surface area (Å²) in [5.41, 5.74) is 3.35. The lowest BCUT2D eigenvalue weighted by atomic mass is 10.0. The molecule has 0 unspecified atom stereocenters. The van der Waals surface area contributed by atoms with Crippen molar-refractivity contribution in [3.05, 3.63) is 23.0 Å². The predicted molar refractivity (Wildman–Crippen MR) is 89.9 cm³/mol. The smallest absolute Gasteiger partial charge is 0.128 e. The fraction of sp³-hybridized carbons (Fsp3) is 0.722. The Morgan fingerprint density at radius 3 is 2.52 bits per heavy atom. The summed E-state index contributed by atoms with van der Waals surface area (Å²) in [5.74, 6) is 1.81. The van der Waals surface area contributed by atoms with Gasteiger partial charge in [-0.25, -0.2) is 0 Å². The van der Waals surface area contributed by atoms with Crippen LogP contribution in [0.15, 0.2) is 6.20 Å². The minimum absolute atomic E-state index is 0.828. The van der Waals surface area contributed by atoms with Crippen molar-refractivity contribution in [2.75, 3.05) is 13.7 Å². The van der Waals surface area contributed by atoms with Crippen molar-refractivity contribution in [2.45, 2.75) is 66.3 Å². The van der Waals surface area contributed by atoms with Crippen LogP contribution in [0.1, 0.15) is 62.8 Å². The van der Waals surface area contributed by atoms with Crippen molar-refractivity contribution in [2.24, 2.45) is 5.92 Å². The summed E-state index contributed by atoms with van der Waals surface area (Å²) in [6, 6.07) is 0. The summed E-state index contributed by atoms with van der Waals surface area (Å²) in [7, 11) is 1.73. The van der Waals surface area contributed by atoms with Crippen LogP contribution in [-0.4, -0.2) is 18.6 Å². The van der Waals surface area contributed by atoms with E-state index in [-0.39, 0.29) is 0 Å². The number of aryl methyl sites for hydroxylation is 1. The van der Waals surface area contributed by atoms with Gasteiger partial charge in [-0.15, -0.1) is 0 Å². The second-order valence-electron chi connectivity index (χ2n) is 6.32. The SMILES string of the molecule is COc1c(C)cnc(CNCCCCCCC(C)C)c1C. The van der Waals surface area contributed by atoms with Gasteiger partial charge in [0.05, 0.1) is 12.8 Å². The van der Waals surface area contributed by atoms with Crippen molar-refractivity contribution >= 4 is 0 Å². The second kappa shape index (κ2) is 9.78. The molecule has 0 saturated heterocycles. The number of methoxy groups -OCH3 is 1. The topological polar surface area (TPSA) is 34.1 Å². The van der Waals surface area contributed by atoms with E-state index in [1.165, 1.54) is 32.1 Å².